The monoisotopic (exact) mass is 474 g/mol. The molecule has 0 aliphatic rings. The van der Waals surface area contributed by atoms with Gasteiger partial charge in [0, 0.05) is 23.6 Å². The third-order valence-electron chi connectivity index (χ3n) is 4.96. The molecule has 0 aliphatic carbocycles. The van der Waals surface area contributed by atoms with Crippen LogP contribution < -0.4 is 33.3 Å². The van der Waals surface area contributed by atoms with E-state index in [1.165, 1.54) is 37.6 Å². The number of benzene rings is 2. The summed E-state index contributed by atoms with van der Waals surface area (Å²) in [6, 6.07) is 6.82. The van der Waals surface area contributed by atoms with E-state index in [0.717, 1.165) is 5.56 Å². The van der Waals surface area contributed by atoms with Crippen molar-refractivity contribution in [2.45, 2.75) is 0 Å². The second-order valence-corrected chi connectivity index (χ2v) is 7.54. The van der Waals surface area contributed by atoms with E-state index in [-0.39, 0.29) is 5.91 Å². The smallest absolute Gasteiger partial charge is 0.260 e. The van der Waals surface area contributed by atoms with Gasteiger partial charge in [0.15, 0.2) is 28.1 Å². The first-order valence-electron chi connectivity index (χ1n) is 9.76. The second kappa shape index (κ2) is 10.3. The predicted molar refractivity (Wildman–Crippen MR) is 126 cm³/mol. The van der Waals surface area contributed by atoms with Gasteiger partial charge in [-0.3, -0.25) is 9.69 Å². The van der Waals surface area contributed by atoms with E-state index in [0.29, 0.717) is 50.9 Å². The van der Waals surface area contributed by atoms with Crippen LogP contribution in [0.5, 0.6) is 34.5 Å². The maximum atomic E-state index is 13.2. The Bertz CT molecular complexity index is 1100. The summed E-state index contributed by atoms with van der Waals surface area (Å²) < 4.78 is 32.3. The van der Waals surface area contributed by atoms with Crippen LogP contribution in [0.4, 0.5) is 5.13 Å². The summed E-state index contributed by atoms with van der Waals surface area (Å²) in [5.74, 6) is 2.45. The minimum atomic E-state index is -0.278. The van der Waals surface area contributed by atoms with Crippen LogP contribution in [0.3, 0.4) is 0 Å². The van der Waals surface area contributed by atoms with Crippen molar-refractivity contribution in [3.05, 3.63) is 35.2 Å². The minimum Gasteiger partial charge on any atom is -0.493 e. The van der Waals surface area contributed by atoms with E-state index in [1.54, 1.807) is 52.6 Å². The molecule has 0 saturated heterocycles. The molecule has 0 atom stereocenters. The quantitative estimate of drug-likeness (QED) is 0.457. The van der Waals surface area contributed by atoms with Gasteiger partial charge < -0.3 is 28.4 Å². The average molecular weight is 475 g/mol. The van der Waals surface area contributed by atoms with Gasteiger partial charge in [0.2, 0.25) is 11.5 Å². The highest BCUT2D eigenvalue weighted by molar-refractivity contribution is 7.14. The van der Waals surface area contributed by atoms with E-state index in [1.807, 2.05) is 5.38 Å². The van der Waals surface area contributed by atoms with Crippen molar-refractivity contribution in [2.75, 3.05) is 54.6 Å². The highest BCUT2D eigenvalue weighted by Gasteiger charge is 2.22. The Kier molecular flexibility index (Phi) is 7.49. The van der Waals surface area contributed by atoms with Gasteiger partial charge in [-0.1, -0.05) is 0 Å². The van der Waals surface area contributed by atoms with E-state index in [2.05, 4.69) is 4.98 Å². The zero-order valence-electron chi connectivity index (χ0n) is 19.5. The van der Waals surface area contributed by atoms with Crippen molar-refractivity contribution >= 4 is 22.4 Å². The number of aromatic nitrogens is 1. The molecule has 0 unspecified atom stereocenters. The Morgan fingerprint density at radius 1 is 0.758 bits per heavy atom. The summed E-state index contributed by atoms with van der Waals surface area (Å²) in [6.07, 6.45) is 0. The molecule has 0 N–H and O–H groups in total. The maximum Gasteiger partial charge on any atom is 0.260 e. The molecule has 3 aromatic rings. The zero-order chi connectivity index (χ0) is 24.1. The van der Waals surface area contributed by atoms with Gasteiger partial charge in [-0.15, -0.1) is 11.3 Å². The third-order valence-corrected chi connectivity index (χ3v) is 5.87. The van der Waals surface area contributed by atoms with Crippen molar-refractivity contribution in [3.63, 3.8) is 0 Å². The van der Waals surface area contributed by atoms with Crippen LogP contribution in [0.25, 0.3) is 11.3 Å². The summed E-state index contributed by atoms with van der Waals surface area (Å²) in [7, 11) is 10.8. The van der Waals surface area contributed by atoms with Crippen LogP contribution in [0.2, 0.25) is 0 Å². The number of hydrogen-bond donors (Lipinski definition) is 0. The van der Waals surface area contributed by atoms with Gasteiger partial charge in [-0.05, 0) is 24.3 Å². The fraction of sp³-hybridized carbons (Fsp3) is 0.304. The zero-order valence-corrected chi connectivity index (χ0v) is 20.4. The van der Waals surface area contributed by atoms with Gasteiger partial charge in [0.05, 0.1) is 48.4 Å². The Morgan fingerprint density at radius 2 is 1.21 bits per heavy atom. The first kappa shape index (κ1) is 24.0. The van der Waals surface area contributed by atoms with Gasteiger partial charge in [-0.25, -0.2) is 4.98 Å². The average Bonchev–Trinajstić information content (AvgIpc) is 3.36. The van der Waals surface area contributed by atoms with Crippen molar-refractivity contribution in [3.8, 4) is 45.8 Å². The fourth-order valence-electron chi connectivity index (χ4n) is 3.26. The van der Waals surface area contributed by atoms with Crippen molar-refractivity contribution < 1.29 is 33.2 Å². The molecular weight excluding hydrogens is 448 g/mol. The Balaban J connectivity index is 1.95. The molecule has 1 aromatic heterocycles. The number of carbonyl (C=O) groups excluding carboxylic acids is 1. The molecule has 1 amide bonds. The van der Waals surface area contributed by atoms with E-state index in [9.17, 15) is 4.79 Å². The van der Waals surface area contributed by atoms with Crippen LogP contribution in [-0.2, 0) is 0 Å². The lowest BCUT2D eigenvalue weighted by molar-refractivity contribution is 0.0992. The highest BCUT2D eigenvalue weighted by Crippen LogP contribution is 2.42. The van der Waals surface area contributed by atoms with Crippen LogP contribution in [0.1, 0.15) is 10.4 Å². The number of hydrogen-bond acceptors (Lipinski definition) is 9. The lowest BCUT2D eigenvalue weighted by atomic mass is 10.1. The minimum absolute atomic E-state index is 0.278. The van der Waals surface area contributed by atoms with Crippen LogP contribution in [-0.4, -0.2) is 60.6 Å². The summed E-state index contributed by atoms with van der Waals surface area (Å²) >= 11 is 1.33. The topological polar surface area (TPSA) is 88.6 Å². The lowest BCUT2D eigenvalue weighted by Crippen LogP contribution is -2.26. The van der Waals surface area contributed by atoms with E-state index in [4.69, 9.17) is 28.4 Å². The lowest BCUT2D eigenvalue weighted by Gasteiger charge is -2.17. The van der Waals surface area contributed by atoms with Crippen LogP contribution >= 0.6 is 11.3 Å². The highest BCUT2D eigenvalue weighted by atomic mass is 32.1. The summed E-state index contributed by atoms with van der Waals surface area (Å²) in [4.78, 5) is 19.3. The van der Waals surface area contributed by atoms with Gasteiger partial charge in [0.1, 0.15) is 0 Å². The molecule has 0 aliphatic heterocycles. The summed E-state index contributed by atoms with van der Waals surface area (Å²) in [5, 5.41) is 2.37. The Morgan fingerprint density at radius 3 is 1.64 bits per heavy atom. The first-order chi connectivity index (χ1) is 15.9. The number of anilines is 1. The molecule has 0 spiro atoms. The molecule has 0 fully saturated rings. The number of nitrogens with zero attached hydrogens (tertiary/aromatic N) is 2. The predicted octanol–water partition coefficient (Wildman–Crippen LogP) is 4.14. The van der Waals surface area contributed by atoms with E-state index < -0.39 is 0 Å². The SMILES string of the molecule is COc1cc(C(=O)N(C)c2nc(-c3cc(OC)c(OC)c(OC)c3)cs2)cc(OC)c1OC. The number of ether oxygens (including phenoxy) is 6. The summed E-state index contributed by atoms with van der Waals surface area (Å²) in [6.45, 7) is 0. The summed E-state index contributed by atoms with van der Waals surface area (Å²) in [5.41, 5.74) is 1.80. The molecule has 0 saturated carbocycles. The molecule has 1 heterocycles. The standard InChI is InChI=1S/C23H26N2O7S/c1-25(22(26)14-10-18(29-4)21(32-7)19(11-14)30-5)23-24-15(12-33-23)13-8-16(27-2)20(31-6)17(9-13)28-3/h8-12H,1-7H3. The molecule has 2 aromatic carbocycles. The molecule has 10 heteroatoms. The van der Waals surface area contributed by atoms with Crippen molar-refractivity contribution in [2.24, 2.45) is 0 Å². The third kappa shape index (κ3) is 4.61. The normalized spacial score (nSPS) is 10.4. The number of carbonyl (C=O) groups is 1. The van der Waals surface area contributed by atoms with Crippen LogP contribution in [0, 0.1) is 0 Å². The van der Waals surface area contributed by atoms with Gasteiger partial charge in [-0.2, -0.15) is 0 Å². The van der Waals surface area contributed by atoms with Crippen molar-refractivity contribution in [1.29, 1.82) is 0 Å². The molecule has 9 nitrogen and oxygen atoms in total. The second-order valence-electron chi connectivity index (χ2n) is 6.71. The number of thiazole rings is 1. The maximum absolute atomic E-state index is 13.2. The number of methoxy groups -OCH3 is 6. The Hall–Kier alpha value is -3.66. The van der Waals surface area contributed by atoms with Crippen LogP contribution in [0.15, 0.2) is 29.6 Å². The molecule has 176 valence electrons. The van der Waals surface area contributed by atoms with Gasteiger partial charge in [0.25, 0.3) is 5.91 Å². The first-order valence-corrected chi connectivity index (χ1v) is 10.6. The number of amides is 1. The van der Waals surface area contributed by atoms with Gasteiger partial charge >= 0.3 is 0 Å². The molecule has 3 rings (SSSR count). The molecule has 33 heavy (non-hydrogen) atoms. The Labute approximate surface area is 196 Å². The fourth-order valence-corrected chi connectivity index (χ4v) is 4.06. The number of rotatable bonds is 9. The molecule has 0 bridgehead atoms. The van der Waals surface area contributed by atoms with E-state index >= 15 is 0 Å². The molecule has 0 radical (unpaired) electrons. The van der Waals surface area contributed by atoms with Crippen molar-refractivity contribution in [1.82, 2.24) is 4.98 Å². The molecular formula is C23H26N2O7S. The largest absolute Gasteiger partial charge is 0.493 e.